The maximum atomic E-state index is 5.71. The topological polar surface area (TPSA) is 35.2 Å². The van der Waals surface area contributed by atoms with Crippen LogP contribution >= 0.6 is 28.3 Å². The van der Waals surface area contributed by atoms with Crippen LogP contribution in [-0.2, 0) is 0 Å². The van der Waals surface area contributed by atoms with Crippen LogP contribution in [0.25, 0.3) is 0 Å². The highest BCUT2D eigenvalue weighted by Crippen LogP contribution is 2.27. The van der Waals surface area contributed by atoms with Gasteiger partial charge in [0.05, 0.1) is 11.6 Å². The molecule has 0 saturated carbocycles. The first-order valence-corrected chi connectivity index (χ1v) is 4.53. The van der Waals surface area contributed by atoms with E-state index in [0.717, 1.165) is 15.8 Å². The predicted molar refractivity (Wildman–Crippen MR) is 60.5 cm³/mol. The van der Waals surface area contributed by atoms with E-state index in [9.17, 15) is 0 Å². The molecule has 4 heteroatoms. The number of hydrogen-bond acceptors (Lipinski definition) is 2. The van der Waals surface area contributed by atoms with Gasteiger partial charge in [-0.1, -0.05) is 6.07 Å². The molecular weight excluding hydrogens is 253 g/mol. The molecule has 13 heavy (non-hydrogen) atoms. The standard InChI is InChI=1S/C9H12BrNO.ClH/c1-6(11)7-3-4-9(12-2)8(10)5-7;/h3-6H,11H2,1-2H3;1H/t6-;/m0./s1. The Morgan fingerprint density at radius 1 is 1.46 bits per heavy atom. The van der Waals surface area contributed by atoms with Crippen molar-refractivity contribution in [2.45, 2.75) is 13.0 Å². The summed E-state index contributed by atoms with van der Waals surface area (Å²) < 4.78 is 6.04. The van der Waals surface area contributed by atoms with Crippen molar-refractivity contribution in [3.05, 3.63) is 28.2 Å². The summed E-state index contributed by atoms with van der Waals surface area (Å²) >= 11 is 3.40. The third kappa shape index (κ3) is 3.18. The van der Waals surface area contributed by atoms with Crippen LogP contribution in [0.1, 0.15) is 18.5 Å². The van der Waals surface area contributed by atoms with Crippen LogP contribution in [0.5, 0.6) is 5.75 Å². The minimum atomic E-state index is 0. The lowest BCUT2D eigenvalue weighted by molar-refractivity contribution is 0.412. The van der Waals surface area contributed by atoms with Crippen LogP contribution in [0.3, 0.4) is 0 Å². The molecule has 1 atom stereocenters. The Morgan fingerprint density at radius 3 is 2.46 bits per heavy atom. The van der Waals surface area contributed by atoms with E-state index < -0.39 is 0 Å². The summed E-state index contributed by atoms with van der Waals surface area (Å²) in [7, 11) is 1.64. The van der Waals surface area contributed by atoms with E-state index in [-0.39, 0.29) is 18.4 Å². The van der Waals surface area contributed by atoms with Gasteiger partial charge < -0.3 is 10.5 Å². The molecule has 0 aromatic heterocycles. The van der Waals surface area contributed by atoms with Crippen molar-refractivity contribution in [3.8, 4) is 5.75 Å². The van der Waals surface area contributed by atoms with Crippen LogP contribution in [0, 0.1) is 0 Å². The van der Waals surface area contributed by atoms with Gasteiger partial charge in [0.1, 0.15) is 5.75 Å². The van der Waals surface area contributed by atoms with Crippen molar-refractivity contribution in [1.82, 2.24) is 0 Å². The zero-order chi connectivity index (χ0) is 9.14. The molecule has 0 aliphatic carbocycles. The second-order valence-corrected chi connectivity index (χ2v) is 3.54. The molecule has 0 amide bonds. The van der Waals surface area contributed by atoms with Gasteiger partial charge in [-0.15, -0.1) is 12.4 Å². The van der Waals surface area contributed by atoms with Gasteiger partial charge in [0.2, 0.25) is 0 Å². The van der Waals surface area contributed by atoms with Crippen molar-refractivity contribution < 1.29 is 4.74 Å². The molecule has 1 aromatic rings. The molecule has 1 rings (SSSR count). The van der Waals surface area contributed by atoms with Crippen LogP contribution < -0.4 is 10.5 Å². The largest absolute Gasteiger partial charge is 0.496 e. The lowest BCUT2D eigenvalue weighted by atomic mass is 10.1. The van der Waals surface area contributed by atoms with Crippen molar-refractivity contribution in [1.29, 1.82) is 0 Å². The summed E-state index contributed by atoms with van der Waals surface area (Å²) in [5, 5.41) is 0. The van der Waals surface area contributed by atoms with Crippen LogP contribution in [-0.4, -0.2) is 7.11 Å². The van der Waals surface area contributed by atoms with Gasteiger partial charge in [0.15, 0.2) is 0 Å². The molecule has 0 fully saturated rings. The molecule has 0 unspecified atom stereocenters. The maximum Gasteiger partial charge on any atom is 0.133 e. The minimum absolute atomic E-state index is 0. The Hall–Kier alpha value is -0.250. The highest BCUT2D eigenvalue weighted by molar-refractivity contribution is 9.10. The summed E-state index contributed by atoms with van der Waals surface area (Å²) in [4.78, 5) is 0. The van der Waals surface area contributed by atoms with Crippen LogP contribution in [0.15, 0.2) is 22.7 Å². The molecular formula is C9H13BrClNO. The van der Waals surface area contributed by atoms with E-state index >= 15 is 0 Å². The van der Waals surface area contributed by atoms with E-state index in [1.54, 1.807) is 7.11 Å². The van der Waals surface area contributed by atoms with Gasteiger partial charge in [-0.25, -0.2) is 0 Å². The summed E-state index contributed by atoms with van der Waals surface area (Å²) in [5.41, 5.74) is 6.81. The van der Waals surface area contributed by atoms with E-state index in [0.29, 0.717) is 0 Å². The van der Waals surface area contributed by atoms with Crippen molar-refractivity contribution in [2.24, 2.45) is 5.73 Å². The molecule has 0 radical (unpaired) electrons. The normalized spacial score (nSPS) is 11.7. The average Bonchev–Trinajstić information content (AvgIpc) is 2.04. The highest BCUT2D eigenvalue weighted by atomic mass is 79.9. The number of halogens is 2. The van der Waals surface area contributed by atoms with Gasteiger partial charge in [-0.2, -0.15) is 0 Å². The van der Waals surface area contributed by atoms with Gasteiger partial charge in [-0.05, 0) is 40.5 Å². The first-order valence-electron chi connectivity index (χ1n) is 3.74. The first-order chi connectivity index (χ1) is 5.65. The number of nitrogens with two attached hydrogens (primary N) is 1. The minimum Gasteiger partial charge on any atom is -0.496 e. The van der Waals surface area contributed by atoms with Crippen molar-refractivity contribution in [2.75, 3.05) is 7.11 Å². The smallest absolute Gasteiger partial charge is 0.133 e. The Kier molecular flexibility index (Phi) is 5.37. The number of benzene rings is 1. The van der Waals surface area contributed by atoms with E-state index in [2.05, 4.69) is 15.9 Å². The zero-order valence-corrected chi connectivity index (χ0v) is 9.98. The predicted octanol–water partition coefficient (Wildman–Crippen LogP) is 2.90. The second-order valence-electron chi connectivity index (χ2n) is 2.68. The first kappa shape index (κ1) is 12.8. The Bertz CT molecular complexity index is 278. The molecule has 0 aliphatic rings. The molecule has 0 saturated heterocycles. The Labute approximate surface area is 93.0 Å². The second kappa shape index (κ2) is 5.47. The zero-order valence-electron chi connectivity index (χ0n) is 7.58. The maximum absolute atomic E-state index is 5.71. The molecule has 1 aromatic carbocycles. The molecule has 2 nitrogen and oxygen atoms in total. The summed E-state index contributed by atoms with van der Waals surface area (Å²) in [6, 6.07) is 5.91. The van der Waals surface area contributed by atoms with Crippen molar-refractivity contribution in [3.63, 3.8) is 0 Å². The van der Waals surface area contributed by atoms with Gasteiger partial charge in [-0.3, -0.25) is 0 Å². The van der Waals surface area contributed by atoms with Gasteiger partial charge >= 0.3 is 0 Å². The van der Waals surface area contributed by atoms with E-state index in [4.69, 9.17) is 10.5 Å². The monoisotopic (exact) mass is 265 g/mol. The molecule has 74 valence electrons. The van der Waals surface area contributed by atoms with E-state index in [1.165, 1.54) is 0 Å². The number of hydrogen-bond donors (Lipinski definition) is 1. The fourth-order valence-electron chi connectivity index (χ4n) is 0.966. The SMILES string of the molecule is COc1ccc([C@H](C)N)cc1Br.Cl. The third-order valence-electron chi connectivity index (χ3n) is 1.70. The highest BCUT2D eigenvalue weighted by Gasteiger charge is 2.03. The molecule has 2 N–H and O–H groups in total. The van der Waals surface area contributed by atoms with Crippen LogP contribution in [0.2, 0.25) is 0 Å². The fraction of sp³-hybridized carbons (Fsp3) is 0.333. The molecule has 0 heterocycles. The lowest BCUT2D eigenvalue weighted by Gasteiger charge is -2.08. The van der Waals surface area contributed by atoms with Crippen molar-refractivity contribution >= 4 is 28.3 Å². The summed E-state index contributed by atoms with van der Waals surface area (Å²) in [6.45, 7) is 1.95. The number of rotatable bonds is 2. The third-order valence-corrected chi connectivity index (χ3v) is 2.32. The quantitative estimate of drug-likeness (QED) is 0.893. The fourth-order valence-corrected chi connectivity index (χ4v) is 1.52. The Morgan fingerprint density at radius 2 is 2.08 bits per heavy atom. The molecule has 0 spiro atoms. The van der Waals surface area contributed by atoms with Gasteiger partial charge in [0, 0.05) is 6.04 Å². The summed E-state index contributed by atoms with van der Waals surface area (Å²) in [6.07, 6.45) is 0. The van der Waals surface area contributed by atoms with Gasteiger partial charge in [0.25, 0.3) is 0 Å². The number of methoxy groups -OCH3 is 1. The Balaban J connectivity index is 0.00000144. The molecule has 0 bridgehead atoms. The van der Waals surface area contributed by atoms with E-state index in [1.807, 2.05) is 25.1 Å². The number of ether oxygens (including phenoxy) is 1. The lowest BCUT2D eigenvalue weighted by Crippen LogP contribution is -2.04. The summed E-state index contributed by atoms with van der Waals surface area (Å²) in [5.74, 6) is 0.833. The van der Waals surface area contributed by atoms with Crippen LogP contribution in [0.4, 0.5) is 0 Å². The molecule has 0 aliphatic heterocycles. The average molecular weight is 267 g/mol.